The van der Waals surface area contributed by atoms with Gasteiger partial charge in [0.15, 0.2) is 0 Å². The van der Waals surface area contributed by atoms with Gasteiger partial charge in [0.25, 0.3) is 0 Å². The van der Waals surface area contributed by atoms with Crippen molar-refractivity contribution in [2.75, 3.05) is 0 Å². The molecule has 0 heterocycles. The molecule has 0 fully saturated rings. The average Bonchev–Trinajstić information content (AvgIpc) is 2.13. The lowest BCUT2D eigenvalue weighted by Crippen LogP contribution is -1.94. The van der Waals surface area contributed by atoms with E-state index in [0.717, 1.165) is 0 Å². The van der Waals surface area contributed by atoms with E-state index in [2.05, 4.69) is 26.5 Å². The summed E-state index contributed by atoms with van der Waals surface area (Å²) in [6, 6.07) is 0. The van der Waals surface area contributed by atoms with E-state index in [1.807, 2.05) is 0 Å². The van der Waals surface area contributed by atoms with Crippen LogP contribution in [0.4, 0.5) is 0 Å². The molecule has 0 amide bonds. The molecule has 1 atom stereocenters. The monoisotopic (exact) mass is 142 g/mol. The van der Waals surface area contributed by atoms with Crippen LogP contribution in [0, 0.1) is 0 Å². The first-order valence-electron chi connectivity index (χ1n) is 3.58. The van der Waals surface area contributed by atoms with Crippen LogP contribution in [0.2, 0.25) is 0 Å². The van der Waals surface area contributed by atoms with Crippen molar-refractivity contribution in [1.29, 1.82) is 0 Å². The molecule has 1 rings (SSSR count). The molecule has 9 heavy (non-hydrogen) atoms. The highest BCUT2D eigenvalue weighted by molar-refractivity contribution is 7.81. The van der Waals surface area contributed by atoms with E-state index in [1.165, 1.54) is 19.3 Å². The Labute approximate surface area is 62.8 Å². The van der Waals surface area contributed by atoms with Crippen LogP contribution in [0.5, 0.6) is 0 Å². The highest BCUT2D eigenvalue weighted by Gasteiger charge is 2.13. The third-order valence-electron chi connectivity index (χ3n) is 2.05. The molecular formula is C8H14S. The van der Waals surface area contributed by atoms with E-state index in [0.29, 0.717) is 5.25 Å². The van der Waals surface area contributed by atoms with E-state index in [1.54, 1.807) is 11.1 Å². The lowest BCUT2D eigenvalue weighted by Gasteiger charge is -2.05. The SMILES string of the molecule is CC1=C(C(C)S)CCC1. The zero-order valence-corrected chi connectivity index (χ0v) is 7.04. The highest BCUT2D eigenvalue weighted by atomic mass is 32.1. The van der Waals surface area contributed by atoms with Crippen LogP contribution >= 0.6 is 12.6 Å². The quantitative estimate of drug-likeness (QED) is 0.422. The van der Waals surface area contributed by atoms with Gasteiger partial charge < -0.3 is 0 Å². The molecule has 1 unspecified atom stereocenters. The molecule has 0 saturated carbocycles. The van der Waals surface area contributed by atoms with E-state index in [9.17, 15) is 0 Å². The second kappa shape index (κ2) is 2.78. The van der Waals surface area contributed by atoms with Crippen molar-refractivity contribution >= 4 is 12.6 Å². The Morgan fingerprint density at radius 3 is 2.33 bits per heavy atom. The smallest absolute Gasteiger partial charge is 0.0200 e. The normalized spacial score (nSPS) is 23.0. The predicted octanol–water partition coefficient (Wildman–Crippen LogP) is 2.81. The van der Waals surface area contributed by atoms with E-state index >= 15 is 0 Å². The molecule has 0 nitrogen and oxygen atoms in total. The Balaban J connectivity index is 2.66. The van der Waals surface area contributed by atoms with E-state index < -0.39 is 0 Å². The van der Waals surface area contributed by atoms with Crippen molar-refractivity contribution in [2.24, 2.45) is 0 Å². The Morgan fingerprint density at radius 1 is 1.44 bits per heavy atom. The van der Waals surface area contributed by atoms with E-state index in [-0.39, 0.29) is 0 Å². The topological polar surface area (TPSA) is 0 Å². The highest BCUT2D eigenvalue weighted by Crippen LogP contribution is 2.29. The largest absolute Gasteiger partial charge is 0.172 e. The molecule has 0 aromatic carbocycles. The van der Waals surface area contributed by atoms with Crippen molar-refractivity contribution in [3.05, 3.63) is 11.1 Å². The van der Waals surface area contributed by atoms with Crippen molar-refractivity contribution in [3.63, 3.8) is 0 Å². The van der Waals surface area contributed by atoms with Crippen LogP contribution in [-0.4, -0.2) is 5.25 Å². The van der Waals surface area contributed by atoms with Crippen LogP contribution in [0.1, 0.15) is 33.1 Å². The van der Waals surface area contributed by atoms with Crippen LogP contribution < -0.4 is 0 Å². The predicted molar refractivity (Wildman–Crippen MR) is 45.0 cm³/mol. The first-order valence-corrected chi connectivity index (χ1v) is 4.10. The number of allylic oxidation sites excluding steroid dienone is 1. The van der Waals surface area contributed by atoms with Crippen molar-refractivity contribution < 1.29 is 0 Å². The van der Waals surface area contributed by atoms with Crippen LogP contribution in [-0.2, 0) is 0 Å². The van der Waals surface area contributed by atoms with Gasteiger partial charge in [0.05, 0.1) is 0 Å². The van der Waals surface area contributed by atoms with Gasteiger partial charge in [0.1, 0.15) is 0 Å². The molecule has 0 radical (unpaired) electrons. The van der Waals surface area contributed by atoms with Crippen LogP contribution in [0.25, 0.3) is 0 Å². The molecule has 0 aromatic rings. The lowest BCUT2D eigenvalue weighted by molar-refractivity contribution is 0.878. The Kier molecular flexibility index (Phi) is 2.23. The molecular weight excluding hydrogens is 128 g/mol. The molecule has 0 saturated heterocycles. The first-order chi connectivity index (χ1) is 4.22. The minimum atomic E-state index is 0.493. The summed E-state index contributed by atoms with van der Waals surface area (Å²) in [6.45, 7) is 4.39. The van der Waals surface area contributed by atoms with Gasteiger partial charge in [-0.3, -0.25) is 0 Å². The zero-order chi connectivity index (χ0) is 6.85. The minimum Gasteiger partial charge on any atom is -0.172 e. The number of thiol groups is 1. The van der Waals surface area contributed by atoms with Gasteiger partial charge in [-0.25, -0.2) is 0 Å². The van der Waals surface area contributed by atoms with Crippen LogP contribution in [0.3, 0.4) is 0 Å². The molecule has 0 N–H and O–H groups in total. The van der Waals surface area contributed by atoms with Crippen molar-refractivity contribution in [2.45, 2.75) is 38.4 Å². The third-order valence-corrected chi connectivity index (χ3v) is 2.36. The summed E-state index contributed by atoms with van der Waals surface area (Å²) in [7, 11) is 0. The van der Waals surface area contributed by atoms with Crippen molar-refractivity contribution in [3.8, 4) is 0 Å². The number of hydrogen-bond acceptors (Lipinski definition) is 1. The average molecular weight is 142 g/mol. The number of hydrogen-bond donors (Lipinski definition) is 1. The zero-order valence-electron chi connectivity index (χ0n) is 6.15. The summed E-state index contributed by atoms with van der Waals surface area (Å²) >= 11 is 4.39. The lowest BCUT2D eigenvalue weighted by atomic mass is 10.1. The van der Waals surface area contributed by atoms with Gasteiger partial charge in [-0.1, -0.05) is 11.1 Å². The summed E-state index contributed by atoms with van der Waals surface area (Å²) in [5.41, 5.74) is 3.16. The van der Waals surface area contributed by atoms with E-state index in [4.69, 9.17) is 0 Å². The fourth-order valence-corrected chi connectivity index (χ4v) is 1.83. The fourth-order valence-electron chi connectivity index (χ4n) is 1.48. The summed E-state index contributed by atoms with van der Waals surface area (Å²) in [5, 5.41) is 0.493. The maximum atomic E-state index is 4.39. The Morgan fingerprint density at radius 2 is 2.11 bits per heavy atom. The van der Waals surface area contributed by atoms with Gasteiger partial charge in [0, 0.05) is 5.25 Å². The van der Waals surface area contributed by atoms with Gasteiger partial charge >= 0.3 is 0 Å². The maximum absolute atomic E-state index is 4.39. The molecule has 1 aliphatic carbocycles. The second-order valence-electron chi connectivity index (χ2n) is 2.84. The molecule has 0 aromatic heterocycles. The molecule has 1 heteroatoms. The first kappa shape index (κ1) is 7.20. The molecule has 1 aliphatic rings. The van der Waals surface area contributed by atoms with Gasteiger partial charge in [-0.05, 0) is 33.1 Å². The van der Waals surface area contributed by atoms with Gasteiger partial charge in [-0.2, -0.15) is 12.6 Å². The molecule has 52 valence electrons. The third kappa shape index (κ3) is 1.51. The molecule has 0 spiro atoms. The van der Waals surface area contributed by atoms with Gasteiger partial charge in [0.2, 0.25) is 0 Å². The fraction of sp³-hybridized carbons (Fsp3) is 0.750. The Bertz CT molecular complexity index is 134. The number of rotatable bonds is 1. The van der Waals surface area contributed by atoms with Gasteiger partial charge in [-0.15, -0.1) is 0 Å². The molecule has 0 bridgehead atoms. The van der Waals surface area contributed by atoms with Crippen LogP contribution in [0.15, 0.2) is 11.1 Å². The minimum absolute atomic E-state index is 0.493. The maximum Gasteiger partial charge on any atom is 0.0200 e. The molecule has 0 aliphatic heterocycles. The summed E-state index contributed by atoms with van der Waals surface area (Å²) in [5.74, 6) is 0. The van der Waals surface area contributed by atoms with Crippen molar-refractivity contribution in [1.82, 2.24) is 0 Å². The summed E-state index contributed by atoms with van der Waals surface area (Å²) in [4.78, 5) is 0. The standard InChI is InChI=1S/C8H14S/c1-6-4-3-5-8(6)7(2)9/h7,9H,3-5H2,1-2H3. The summed E-state index contributed by atoms with van der Waals surface area (Å²) in [6.07, 6.45) is 3.95. The second-order valence-corrected chi connectivity index (χ2v) is 3.61. The summed E-state index contributed by atoms with van der Waals surface area (Å²) < 4.78 is 0. The Hall–Kier alpha value is 0.0900.